The Balaban J connectivity index is 2.27. The lowest BCUT2D eigenvalue weighted by Gasteiger charge is -2.35. The van der Waals surface area contributed by atoms with Crippen LogP contribution in [0.2, 0.25) is 0 Å². The van der Waals surface area contributed by atoms with Gasteiger partial charge in [0.2, 0.25) is 0 Å². The highest BCUT2D eigenvalue weighted by molar-refractivity contribution is 5.74. The fourth-order valence-electron chi connectivity index (χ4n) is 1.94. The SMILES string of the molecule is CC(C)CN1CCN(C(=O)NCC(F)(F)F)CC1. The Morgan fingerprint density at radius 3 is 2.22 bits per heavy atom. The van der Waals surface area contributed by atoms with Gasteiger partial charge in [0.1, 0.15) is 6.54 Å². The van der Waals surface area contributed by atoms with Crippen molar-refractivity contribution < 1.29 is 18.0 Å². The van der Waals surface area contributed by atoms with Crippen LogP contribution in [0, 0.1) is 5.92 Å². The largest absolute Gasteiger partial charge is 0.405 e. The van der Waals surface area contributed by atoms with Crippen molar-refractivity contribution in [2.45, 2.75) is 20.0 Å². The Hall–Kier alpha value is -0.980. The van der Waals surface area contributed by atoms with Crippen molar-refractivity contribution in [2.75, 3.05) is 39.3 Å². The van der Waals surface area contributed by atoms with Gasteiger partial charge in [0.15, 0.2) is 0 Å². The summed E-state index contributed by atoms with van der Waals surface area (Å²) < 4.78 is 35.8. The van der Waals surface area contributed by atoms with Crippen molar-refractivity contribution in [2.24, 2.45) is 5.92 Å². The maximum absolute atomic E-state index is 11.9. The lowest BCUT2D eigenvalue weighted by Crippen LogP contribution is -2.53. The summed E-state index contributed by atoms with van der Waals surface area (Å²) in [5.41, 5.74) is 0. The summed E-state index contributed by atoms with van der Waals surface area (Å²) in [4.78, 5) is 15.1. The van der Waals surface area contributed by atoms with Crippen LogP contribution < -0.4 is 5.32 Å². The van der Waals surface area contributed by atoms with Gasteiger partial charge in [-0.1, -0.05) is 13.8 Å². The number of rotatable bonds is 3. The van der Waals surface area contributed by atoms with Crippen molar-refractivity contribution in [3.05, 3.63) is 0 Å². The van der Waals surface area contributed by atoms with E-state index in [4.69, 9.17) is 0 Å². The van der Waals surface area contributed by atoms with Gasteiger partial charge in [0, 0.05) is 32.7 Å². The molecule has 0 aromatic heterocycles. The van der Waals surface area contributed by atoms with Crippen molar-refractivity contribution in [3.8, 4) is 0 Å². The normalized spacial score (nSPS) is 18.2. The van der Waals surface area contributed by atoms with Crippen molar-refractivity contribution in [1.82, 2.24) is 15.1 Å². The van der Waals surface area contributed by atoms with E-state index >= 15 is 0 Å². The van der Waals surface area contributed by atoms with Gasteiger partial charge in [-0.15, -0.1) is 0 Å². The summed E-state index contributed by atoms with van der Waals surface area (Å²) in [6, 6.07) is -0.628. The first kappa shape index (κ1) is 15.1. The average Bonchev–Trinajstić information content (AvgIpc) is 2.25. The molecule has 106 valence electrons. The molecule has 2 amide bonds. The summed E-state index contributed by atoms with van der Waals surface area (Å²) in [5.74, 6) is 0.551. The molecule has 0 aromatic rings. The van der Waals surface area contributed by atoms with Crippen molar-refractivity contribution in [1.29, 1.82) is 0 Å². The molecule has 0 radical (unpaired) electrons. The summed E-state index contributed by atoms with van der Waals surface area (Å²) in [5, 5.41) is 1.89. The second kappa shape index (κ2) is 6.26. The molecule has 0 spiro atoms. The zero-order chi connectivity index (χ0) is 13.8. The molecule has 1 aliphatic rings. The van der Waals surface area contributed by atoms with Crippen LogP contribution >= 0.6 is 0 Å². The third-order valence-electron chi connectivity index (χ3n) is 2.72. The molecule has 0 saturated carbocycles. The van der Waals surface area contributed by atoms with E-state index in [0.29, 0.717) is 19.0 Å². The number of alkyl halides is 3. The molecule has 4 nitrogen and oxygen atoms in total. The Kier molecular flexibility index (Phi) is 5.25. The fourth-order valence-corrected chi connectivity index (χ4v) is 1.94. The molecular weight excluding hydrogens is 247 g/mol. The van der Waals surface area contributed by atoms with Gasteiger partial charge in [0.25, 0.3) is 0 Å². The number of hydrogen-bond acceptors (Lipinski definition) is 2. The van der Waals surface area contributed by atoms with Crippen LogP contribution in [0.3, 0.4) is 0 Å². The van der Waals surface area contributed by atoms with Crippen molar-refractivity contribution in [3.63, 3.8) is 0 Å². The van der Waals surface area contributed by atoms with Gasteiger partial charge >= 0.3 is 12.2 Å². The smallest absolute Gasteiger partial charge is 0.329 e. The third kappa shape index (κ3) is 5.57. The second-order valence-corrected chi connectivity index (χ2v) is 4.96. The Morgan fingerprint density at radius 1 is 1.22 bits per heavy atom. The minimum absolute atomic E-state index is 0.483. The molecule has 1 rings (SSSR count). The zero-order valence-corrected chi connectivity index (χ0v) is 10.8. The molecular formula is C11H20F3N3O. The van der Waals surface area contributed by atoms with Gasteiger partial charge in [-0.3, -0.25) is 4.90 Å². The van der Waals surface area contributed by atoms with E-state index < -0.39 is 18.8 Å². The minimum Gasteiger partial charge on any atom is -0.329 e. The van der Waals surface area contributed by atoms with Gasteiger partial charge in [0.05, 0.1) is 0 Å². The van der Waals surface area contributed by atoms with Gasteiger partial charge in [-0.05, 0) is 5.92 Å². The van der Waals surface area contributed by atoms with E-state index in [0.717, 1.165) is 19.6 Å². The topological polar surface area (TPSA) is 35.6 Å². The van der Waals surface area contributed by atoms with Crippen LogP contribution in [0.5, 0.6) is 0 Å². The first-order chi connectivity index (χ1) is 8.28. The third-order valence-corrected chi connectivity index (χ3v) is 2.72. The number of urea groups is 1. The van der Waals surface area contributed by atoms with Crippen LogP contribution in [0.25, 0.3) is 0 Å². The molecule has 7 heteroatoms. The maximum Gasteiger partial charge on any atom is 0.405 e. The molecule has 1 fully saturated rings. The van der Waals surface area contributed by atoms with E-state index in [1.807, 2.05) is 5.32 Å². The monoisotopic (exact) mass is 267 g/mol. The quantitative estimate of drug-likeness (QED) is 0.841. The molecule has 1 saturated heterocycles. The summed E-state index contributed by atoms with van der Waals surface area (Å²) in [6.45, 7) is 6.32. The van der Waals surface area contributed by atoms with Gasteiger partial charge in [-0.25, -0.2) is 4.79 Å². The Morgan fingerprint density at radius 2 is 1.78 bits per heavy atom. The predicted molar refractivity (Wildman–Crippen MR) is 62.3 cm³/mol. The first-order valence-electron chi connectivity index (χ1n) is 6.10. The number of amides is 2. The predicted octanol–water partition coefficient (Wildman–Crippen LogP) is 1.53. The maximum atomic E-state index is 11.9. The molecule has 1 heterocycles. The van der Waals surface area contributed by atoms with Gasteiger partial charge in [-0.2, -0.15) is 13.2 Å². The fraction of sp³-hybridized carbons (Fsp3) is 0.909. The lowest BCUT2D eigenvalue weighted by atomic mass is 10.2. The molecule has 0 bridgehead atoms. The van der Waals surface area contributed by atoms with E-state index in [-0.39, 0.29) is 0 Å². The number of hydrogen-bond donors (Lipinski definition) is 1. The van der Waals surface area contributed by atoms with Gasteiger partial charge < -0.3 is 10.2 Å². The highest BCUT2D eigenvalue weighted by atomic mass is 19.4. The van der Waals surface area contributed by atoms with Crippen LogP contribution in [0.1, 0.15) is 13.8 Å². The van der Waals surface area contributed by atoms with E-state index in [1.165, 1.54) is 4.90 Å². The number of carbonyl (C=O) groups excluding carboxylic acids is 1. The number of carbonyl (C=O) groups is 1. The number of nitrogens with zero attached hydrogens (tertiary/aromatic N) is 2. The first-order valence-corrected chi connectivity index (χ1v) is 6.10. The standard InChI is InChI=1S/C11H20F3N3O/c1-9(2)7-16-3-5-17(6-4-16)10(18)15-8-11(12,13)14/h9H,3-8H2,1-2H3,(H,15,18). The highest BCUT2D eigenvalue weighted by Crippen LogP contribution is 2.12. The molecule has 0 atom stereocenters. The van der Waals surface area contributed by atoms with E-state index in [1.54, 1.807) is 0 Å². The molecule has 0 aromatic carbocycles. The van der Waals surface area contributed by atoms with Crippen LogP contribution in [0.15, 0.2) is 0 Å². The lowest BCUT2D eigenvalue weighted by molar-refractivity contribution is -0.123. The number of nitrogens with one attached hydrogen (secondary N) is 1. The molecule has 1 aliphatic heterocycles. The Labute approximate surface area is 105 Å². The molecule has 0 unspecified atom stereocenters. The molecule has 18 heavy (non-hydrogen) atoms. The summed E-state index contributed by atoms with van der Waals surface area (Å²) >= 11 is 0. The summed E-state index contributed by atoms with van der Waals surface area (Å²) in [6.07, 6.45) is -4.35. The highest BCUT2D eigenvalue weighted by Gasteiger charge is 2.29. The van der Waals surface area contributed by atoms with Crippen LogP contribution in [-0.2, 0) is 0 Å². The number of piperazine rings is 1. The second-order valence-electron chi connectivity index (χ2n) is 4.96. The van der Waals surface area contributed by atoms with E-state index in [9.17, 15) is 18.0 Å². The average molecular weight is 267 g/mol. The molecule has 0 aliphatic carbocycles. The zero-order valence-electron chi connectivity index (χ0n) is 10.8. The number of halogens is 3. The Bertz CT molecular complexity index is 273. The van der Waals surface area contributed by atoms with Crippen LogP contribution in [-0.4, -0.2) is 61.3 Å². The minimum atomic E-state index is -4.35. The van der Waals surface area contributed by atoms with Crippen LogP contribution in [0.4, 0.5) is 18.0 Å². The summed E-state index contributed by atoms with van der Waals surface area (Å²) in [7, 11) is 0. The van der Waals surface area contributed by atoms with Crippen molar-refractivity contribution >= 4 is 6.03 Å². The van der Waals surface area contributed by atoms with E-state index in [2.05, 4.69) is 18.7 Å². The molecule has 1 N–H and O–H groups in total.